The van der Waals surface area contributed by atoms with Crippen molar-refractivity contribution < 1.29 is 13.4 Å². The zero-order chi connectivity index (χ0) is 17.3. The molecule has 0 heterocycles. The number of hydrogen-bond donors (Lipinski definition) is 0. The normalized spacial score (nSPS) is 15.1. The third-order valence-electron chi connectivity index (χ3n) is 4.07. The summed E-state index contributed by atoms with van der Waals surface area (Å²) in [7, 11) is -1.09. The van der Waals surface area contributed by atoms with Crippen molar-refractivity contribution in [3.8, 4) is 0 Å². The smallest absolute Gasteiger partial charge is 0.254 e. The molecule has 3 nitrogen and oxygen atoms in total. The topological polar surface area (TPSA) is 37.4 Å². The quantitative estimate of drug-likeness (QED) is 0.802. The molecule has 1 saturated carbocycles. The Morgan fingerprint density at radius 1 is 1.25 bits per heavy atom. The number of carbonyl (C=O) groups excluding carboxylic acids is 1. The van der Waals surface area contributed by atoms with Crippen LogP contribution in [0.2, 0.25) is 5.02 Å². The summed E-state index contributed by atoms with van der Waals surface area (Å²) in [6.45, 7) is 0.149. The molecule has 1 aliphatic rings. The van der Waals surface area contributed by atoms with Gasteiger partial charge in [-0.15, -0.1) is 0 Å². The average molecular weight is 366 g/mol. The van der Waals surface area contributed by atoms with Crippen molar-refractivity contribution in [2.75, 3.05) is 6.26 Å². The largest absolute Gasteiger partial charge is 0.331 e. The first kappa shape index (κ1) is 17.1. The van der Waals surface area contributed by atoms with E-state index < -0.39 is 16.6 Å². The van der Waals surface area contributed by atoms with Gasteiger partial charge in [-0.05, 0) is 49.2 Å². The van der Waals surface area contributed by atoms with Crippen LogP contribution in [0.15, 0.2) is 47.4 Å². The molecule has 6 heteroatoms. The van der Waals surface area contributed by atoms with Crippen molar-refractivity contribution >= 4 is 28.3 Å². The van der Waals surface area contributed by atoms with Crippen LogP contribution in [0.25, 0.3) is 0 Å². The summed E-state index contributed by atoms with van der Waals surface area (Å²) in [5.41, 5.74) is 0.842. The van der Waals surface area contributed by atoms with Crippen LogP contribution < -0.4 is 0 Å². The highest BCUT2D eigenvalue weighted by molar-refractivity contribution is 7.84. The molecule has 0 N–H and O–H groups in total. The fourth-order valence-corrected chi connectivity index (χ4v) is 3.30. The van der Waals surface area contributed by atoms with Gasteiger partial charge in [-0.2, -0.15) is 0 Å². The molecule has 1 fully saturated rings. The molecule has 0 saturated heterocycles. The first-order valence-electron chi connectivity index (χ1n) is 7.64. The van der Waals surface area contributed by atoms with Crippen molar-refractivity contribution in [3.05, 3.63) is 64.4 Å². The Labute approximate surface area is 147 Å². The summed E-state index contributed by atoms with van der Waals surface area (Å²) in [6, 6.07) is 11.3. The zero-order valence-corrected chi connectivity index (χ0v) is 14.7. The highest BCUT2D eigenvalue weighted by Gasteiger charge is 2.34. The van der Waals surface area contributed by atoms with Crippen molar-refractivity contribution in [2.45, 2.75) is 30.3 Å². The van der Waals surface area contributed by atoms with Crippen molar-refractivity contribution in [1.29, 1.82) is 0 Å². The molecule has 0 spiro atoms. The van der Waals surface area contributed by atoms with Gasteiger partial charge in [-0.3, -0.25) is 9.00 Å². The van der Waals surface area contributed by atoms with Gasteiger partial charge in [0.2, 0.25) is 0 Å². The first-order valence-corrected chi connectivity index (χ1v) is 9.58. The summed E-state index contributed by atoms with van der Waals surface area (Å²) >= 11 is 6.09. The van der Waals surface area contributed by atoms with Gasteiger partial charge in [-0.1, -0.05) is 17.7 Å². The van der Waals surface area contributed by atoms with E-state index in [2.05, 4.69) is 0 Å². The number of amides is 1. The van der Waals surface area contributed by atoms with Gasteiger partial charge in [0, 0.05) is 44.1 Å². The van der Waals surface area contributed by atoms with E-state index >= 15 is 0 Å². The van der Waals surface area contributed by atoms with Crippen LogP contribution in [0, 0.1) is 5.82 Å². The summed E-state index contributed by atoms with van der Waals surface area (Å²) in [5.74, 6) is -0.567. The monoisotopic (exact) mass is 365 g/mol. The average Bonchev–Trinajstić information content (AvgIpc) is 3.39. The molecule has 1 amide bonds. The minimum absolute atomic E-state index is 0.119. The highest BCUT2D eigenvalue weighted by Crippen LogP contribution is 2.32. The highest BCUT2D eigenvalue weighted by atomic mass is 35.5. The van der Waals surface area contributed by atoms with Crippen molar-refractivity contribution in [3.63, 3.8) is 0 Å². The first-order chi connectivity index (χ1) is 11.5. The summed E-state index contributed by atoms with van der Waals surface area (Å²) in [5, 5.41) is 0.324. The van der Waals surface area contributed by atoms with Gasteiger partial charge in [0.1, 0.15) is 5.82 Å². The van der Waals surface area contributed by atoms with E-state index in [4.69, 9.17) is 11.6 Å². The van der Waals surface area contributed by atoms with Crippen LogP contribution in [0.3, 0.4) is 0 Å². The Morgan fingerprint density at radius 3 is 2.46 bits per heavy atom. The second-order valence-corrected chi connectivity index (χ2v) is 7.63. The number of carbonyl (C=O) groups is 1. The Balaban J connectivity index is 1.85. The van der Waals surface area contributed by atoms with Crippen LogP contribution in [-0.2, 0) is 17.3 Å². The van der Waals surface area contributed by atoms with Gasteiger partial charge in [-0.25, -0.2) is 4.39 Å². The molecule has 2 aromatic rings. The van der Waals surface area contributed by atoms with Crippen LogP contribution in [0.5, 0.6) is 0 Å². The van der Waals surface area contributed by atoms with Crippen LogP contribution in [-0.4, -0.2) is 27.3 Å². The standard InChI is InChI=1S/C18H17ClFNO2S/c1-24(23)14-9-5-12(6-10-14)18(22)21(13-7-8-13)11-15-16(19)3-2-4-17(15)20/h2-6,9-10,13H,7-8,11H2,1H3. The molecule has 2 aromatic carbocycles. The van der Waals surface area contributed by atoms with E-state index in [1.165, 1.54) is 6.07 Å². The Hall–Kier alpha value is -1.72. The maximum absolute atomic E-state index is 14.0. The Kier molecular flexibility index (Phi) is 5.01. The number of hydrogen-bond acceptors (Lipinski definition) is 2. The molecule has 0 aromatic heterocycles. The second-order valence-electron chi connectivity index (χ2n) is 5.84. The van der Waals surface area contributed by atoms with Gasteiger partial charge in [0.05, 0.1) is 6.54 Å². The lowest BCUT2D eigenvalue weighted by Crippen LogP contribution is -2.33. The molecule has 1 aliphatic carbocycles. The zero-order valence-electron chi connectivity index (χ0n) is 13.2. The van der Waals surface area contributed by atoms with Gasteiger partial charge < -0.3 is 4.90 Å². The van der Waals surface area contributed by atoms with E-state index in [9.17, 15) is 13.4 Å². The second kappa shape index (κ2) is 7.03. The predicted molar refractivity (Wildman–Crippen MR) is 93.1 cm³/mol. The van der Waals surface area contributed by atoms with Crippen LogP contribution in [0.4, 0.5) is 4.39 Å². The Bertz CT molecular complexity index is 770. The van der Waals surface area contributed by atoms with E-state index in [1.54, 1.807) is 47.6 Å². The molecule has 0 aliphatic heterocycles. The Morgan fingerprint density at radius 2 is 1.92 bits per heavy atom. The van der Waals surface area contributed by atoms with Gasteiger partial charge >= 0.3 is 0 Å². The lowest BCUT2D eigenvalue weighted by atomic mass is 10.1. The number of rotatable bonds is 5. The van der Waals surface area contributed by atoms with E-state index in [0.29, 0.717) is 21.0 Å². The SMILES string of the molecule is CS(=O)c1ccc(C(=O)N(Cc2c(F)cccc2Cl)C2CC2)cc1. The predicted octanol–water partition coefficient (Wildman–Crippen LogP) is 4.02. The molecule has 126 valence electrons. The van der Waals surface area contributed by atoms with E-state index in [1.807, 2.05) is 0 Å². The minimum atomic E-state index is -1.09. The molecule has 0 radical (unpaired) electrons. The summed E-state index contributed by atoms with van der Waals surface area (Å²) < 4.78 is 25.5. The molecule has 1 unspecified atom stereocenters. The van der Waals surface area contributed by atoms with Crippen LogP contribution in [0.1, 0.15) is 28.8 Å². The number of benzene rings is 2. The van der Waals surface area contributed by atoms with Gasteiger partial charge in [0.15, 0.2) is 0 Å². The summed E-state index contributed by atoms with van der Waals surface area (Å²) in [6.07, 6.45) is 3.41. The number of halogens is 2. The molecule has 3 rings (SSSR count). The molecule has 24 heavy (non-hydrogen) atoms. The third kappa shape index (κ3) is 3.68. The molecular weight excluding hydrogens is 349 g/mol. The van der Waals surface area contributed by atoms with Gasteiger partial charge in [0.25, 0.3) is 5.91 Å². The third-order valence-corrected chi connectivity index (χ3v) is 5.36. The molecular formula is C18H17ClFNO2S. The fraction of sp³-hybridized carbons (Fsp3) is 0.278. The van der Waals surface area contributed by atoms with Crippen molar-refractivity contribution in [1.82, 2.24) is 4.90 Å². The van der Waals surface area contributed by atoms with Crippen molar-refractivity contribution in [2.24, 2.45) is 0 Å². The number of nitrogens with zero attached hydrogens (tertiary/aromatic N) is 1. The maximum atomic E-state index is 14.0. The lowest BCUT2D eigenvalue weighted by Gasteiger charge is -2.23. The lowest BCUT2D eigenvalue weighted by molar-refractivity contribution is 0.0728. The summed E-state index contributed by atoms with van der Waals surface area (Å²) in [4.78, 5) is 15.2. The van der Waals surface area contributed by atoms with E-state index in [-0.39, 0.29) is 18.5 Å². The molecule has 1 atom stereocenters. The maximum Gasteiger partial charge on any atom is 0.254 e. The van der Waals surface area contributed by atoms with E-state index in [0.717, 1.165) is 12.8 Å². The minimum Gasteiger partial charge on any atom is -0.331 e. The fourth-order valence-electron chi connectivity index (χ4n) is 2.56. The van der Waals surface area contributed by atoms with Crippen LogP contribution >= 0.6 is 11.6 Å². The molecule has 0 bridgehead atoms.